The molecule has 2 N–H and O–H groups in total. The van der Waals surface area contributed by atoms with Gasteiger partial charge in [0.15, 0.2) is 0 Å². The Morgan fingerprint density at radius 3 is 2.37 bits per heavy atom. The average molecular weight is 568 g/mol. The predicted octanol–water partition coefficient (Wildman–Crippen LogP) is 9.12. The number of hydrogen-bond acceptors (Lipinski definition) is 4. The Hall–Kier alpha value is -5.49. The number of aryl methyl sites for hydroxylation is 1. The van der Waals surface area contributed by atoms with E-state index in [1.54, 1.807) is 7.11 Å². The third kappa shape index (κ3) is 4.67. The number of furan rings is 1. The van der Waals surface area contributed by atoms with Gasteiger partial charge in [-0.2, -0.15) is 0 Å². The number of aromatic amines is 1. The van der Waals surface area contributed by atoms with Crippen LogP contribution in [0.3, 0.4) is 0 Å². The number of nitrogens with one attached hydrogen (secondary N) is 1. The van der Waals surface area contributed by atoms with Gasteiger partial charge in [0.1, 0.15) is 28.5 Å². The number of aromatic carboxylic acids is 1. The van der Waals surface area contributed by atoms with E-state index in [9.17, 15) is 9.90 Å². The molecule has 0 aliphatic rings. The smallest absolute Gasteiger partial charge is 0.352 e. The Kier molecular flexibility index (Phi) is 6.79. The molecule has 0 saturated heterocycles. The molecule has 0 radical (unpaired) electrons. The summed E-state index contributed by atoms with van der Waals surface area (Å²) in [4.78, 5) is 15.8. The molecule has 0 atom stereocenters. The molecule has 6 nitrogen and oxygen atoms in total. The number of carbonyl (C=O) groups is 1. The standard InChI is InChI=1S/C37H29NO5/c1-41-30-20-9-21-31-33(30)32(36(43-31)24-12-3-2-4-13-24)28-17-8-16-26-27(35(37(39)40)38-34(26)28)18-10-22-42-29-19-7-14-23-11-5-6-15-25(23)29/h2-9,11-17,19-21,38H,10,18,22H2,1H3,(H,39,40). The summed E-state index contributed by atoms with van der Waals surface area (Å²) in [7, 11) is 1.64. The number of aromatic nitrogens is 1. The fraction of sp³-hybridized carbons (Fsp3) is 0.108. The van der Waals surface area contributed by atoms with Crippen LogP contribution in [0.4, 0.5) is 0 Å². The van der Waals surface area contributed by atoms with E-state index in [1.807, 2.05) is 97.1 Å². The number of fused-ring (bicyclic) bond motifs is 3. The first-order valence-corrected chi connectivity index (χ1v) is 14.3. The van der Waals surface area contributed by atoms with Crippen molar-refractivity contribution in [3.63, 3.8) is 0 Å². The molecule has 0 amide bonds. The van der Waals surface area contributed by atoms with E-state index in [0.717, 1.165) is 55.1 Å². The summed E-state index contributed by atoms with van der Waals surface area (Å²) in [6, 6.07) is 35.7. The molecule has 0 spiro atoms. The highest BCUT2D eigenvalue weighted by Crippen LogP contribution is 2.47. The van der Waals surface area contributed by atoms with Gasteiger partial charge in [-0.3, -0.25) is 0 Å². The number of benzene rings is 5. The van der Waals surface area contributed by atoms with Crippen LogP contribution in [-0.2, 0) is 6.42 Å². The van der Waals surface area contributed by atoms with Crippen molar-refractivity contribution >= 4 is 38.6 Å². The van der Waals surface area contributed by atoms with E-state index in [2.05, 4.69) is 17.1 Å². The number of methoxy groups -OCH3 is 1. The summed E-state index contributed by atoms with van der Waals surface area (Å²) in [5.74, 6) is 1.22. The van der Waals surface area contributed by atoms with Crippen LogP contribution in [0.25, 0.3) is 55.1 Å². The zero-order valence-electron chi connectivity index (χ0n) is 23.6. The fourth-order valence-electron chi connectivity index (χ4n) is 6.01. The van der Waals surface area contributed by atoms with Crippen molar-refractivity contribution in [1.82, 2.24) is 4.98 Å². The monoisotopic (exact) mass is 567 g/mol. The molecule has 0 fully saturated rings. The summed E-state index contributed by atoms with van der Waals surface area (Å²) in [6.45, 7) is 0.459. The third-order valence-electron chi connectivity index (χ3n) is 7.94. The van der Waals surface area contributed by atoms with Crippen LogP contribution in [0.5, 0.6) is 11.5 Å². The van der Waals surface area contributed by atoms with Gasteiger partial charge in [0.2, 0.25) is 0 Å². The maximum atomic E-state index is 12.5. The lowest BCUT2D eigenvalue weighted by atomic mass is 9.95. The Bertz CT molecular complexity index is 2100. The first-order chi connectivity index (χ1) is 21.1. The molecule has 0 aliphatic carbocycles. The minimum atomic E-state index is -0.995. The van der Waals surface area contributed by atoms with Crippen LogP contribution in [0.2, 0.25) is 0 Å². The lowest BCUT2D eigenvalue weighted by molar-refractivity contribution is 0.0690. The number of hydrogen-bond donors (Lipinski definition) is 2. The second kappa shape index (κ2) is 11.1. The molecule has 0 saturated carbocycles. The summed E-state index contributed by atoms with van der Waals surface area (Å²) in [6.07, 6.45) is 1.19. The lowest BCUT2D eigenvalue weighted by Gasteiger charge is -2.10. The number of rotatable bonds is 9. The van der Waals surface area contributed by atoms with E-state index in [-0.39, 0.29) is 5.69 Å². The number of ether oxygens (including phenoxy) is 2. The Morgan fingerprint density at radius 1 is 0.814 bits per heavy atom. The van der Waals surface area contributed by atoms with Crippen molar-refractivity contribution in [2.45, 2.75) is 12.8 Å². The highest BCUT2D eigenvalue weighted by Gasteiger charge is 2.25. The van der Waals surface area contributed by atoms with Gasteiger partial charge in [0.05, 0.1) is 24.6 Å². The average Bonchev–Trinajstić information content (AvgIpc) is 3.63. The highest BCUT2D eigenvalue weighted by molar-refractivity contribution is 6.12. The van der Waals surface area contributed by atoms with Crippen LogP contribution < -0.4 is 9.47 Å². The number of carboxylic acid groups (broad SMARTS) is 1. The van der Waals surface area contributed by atoms with E-state index in [4.69, 9.17) is 13.9 Å². The molecule has 5 aromatic carbocycles. The van der Waals surface area contributed by atoms with Gasteiger partial charge >= 0.3 is 5.97 Å². The second-order valence-electron chi connectivity index (χ2n) is 10.4. The normalized spacial score (nSPS) is 11.4. The molecule has 2 aromatic heterocycles. The maximum Gasteiger partial charge on any atom is 0.352 e. The summed E-state index contributed by atoms with van der Waals surface area (Å²) >= 11 is 0. The molecule has 43 heavy (non-hydrogen) atoms. The van der Waals surface area contributed by atoms with E-state index in [0.29, 0.717) is 36.5 Å². The van der Waals surface area contributed by atoms with Crippen LogP contribution in [0, 0.1) is 0 Å². The summed E-state index contributed by atoms with van der Waals surface area (Å²) in [5, 5.41) is 14.1. The third-order valence-corrected chi connectivity index (χ3v) is 7.94. The van der Waals surface area contributed by atoms with Crippen molar-refractivity contribution in [3.8, 4) is 33.9 Å². The van der Waals surface area contributed by atoms with Gasteiger partial charge in [0, 0.05) is 27.5 Å². The molecule has 7 aromatic rings. The number of H-pyrrole nitrogens is 1. The summed E-state index contributed by atoms with van der Waals surface area (Å²) < 4.78 is 18.4. The topological polar surface area (TPSA) is 84.7 Å². The Morgan fingerprint density at radius 2 is 1.53 bits per heavy atom. The minimum Gasteiger partial charge on any atom is -0.496 e. The molecular formula is C37H29NO5. The molecule has 2 heterocycles. The van der Waals surface area contributed by atoms with Crippen molar-refractivity contribution in [2.75, 3.05) is 13.7 Å². The quantitative estimate of drug-likeness (QED) is 0.170. The van der Waals surface area contributed by atoms with E-state index < -0.39 is 5.97 Å². The highest BCUT2D eigenvalue weighted by atomic mass is 16.5. The van der Waals surface area contributed by atoms with Crippen LogP contribution in [0.1, 0.15) is 22.5 Å². The maximum absolute atomic E-state index is 12.5. The zero-order valence-corrected chi connectivity index (χ0v) is 23.6. The molecule has 0 bridgehead atoms. The largest absolute Gasteiger partial charge is 0.496 e. The van der Waals surface area contributed by atoms with Crippen molar-refractivity contribution in [2.24, 2.45) is 0 Å². The second-order valence-corrected chi connectivity index (χ2v) is 10.4. The van der Waals surface area contributed by atoms with Gasteiger partial charge < -0.3 is 24.0 Å². The Balaban J connectivity index is 1.30. The van der Waals surface area contributed by atoms with Gasteiger partial charge in [0.25, 0.3) is 0 Å². The van der Waals surface area contributed by atoms with Gasteiger partial charge in [-0.1, -0.05) is 91.0 Å². The SMILES string of the molecule is COc1cccc2oc(-c3ccccc3)c(-c3cccc4c(CCCOc5cccc6ccccc56)c(C(=O)O)[nH]c34)c12. The molecular weight excluding hydrogens is 538 g/mol. The zero-order chi connectivity index (χ0) is 29.3. The molecule has 6 heteroatoms. The van der Waals surface area contributed by atoms with Gasteiger partial charge in [-0.15, -0.1) is 0 Å². The van der Waals surface area contributed by atoms with E-state index >= 15 is 0 Å². The van der Waals surface area contributed by atoms with Crippen molar-refractivity contribution < 1.29 is 23.8 Å². The molecule has 0 aliphatic heterocycles. The predicted molar refractivity (Wildman–Crippen MR) is 170 cm³/mol. The van der Waals surface area contributed by atoms with Crippen molar-refractivity contribution in [1.29, 1.82) is 0 Å². The number of para-hydroxylation sites is 1. The van der Waals surface area contributed by atoms with E-state index in [1.165, 1.54) is 0 Å². The van der Waals surface area contributed by atoms with Crippen LogP contribution in [0.15, 0.2) is 114 Å². The number of carboxylic acids is 1. The van der Waals surface area contributed by atoms with Gasteiger partial charge in [-0.05, 0) is 42.0 Å². The minimum absolute atomic E-state index is 0.189. The molecule has 212 valence electrons. The van der Waals surface area contributed by atoms with Crippen LogP contribution in [-0.4, -0.2) is 29.8 Å². The fourth-order valence-corrected chi connectivity index (χ4v) is 6.01. The van der Waals surface area contributed by atoms with Gasteiger partial charge in [-0.25, -0.2) is 4.79 Å². The van der Waals surface area contributed by atoms with Crippen LogP contribution >= 0.6 is 0 Å². The first-order valence-electron chi connectivity index (χ1n) is 14.3. The molecule has 0 unspecified atom stereocenters. The van der Waals surface area contributed by atoms with Crippen molar-refractivity contribution in [3.05, 3.63) is 120 Å². The summed E-state index contributed by atoms with van der Waals surface area (Å²) in [5.41, 5.74) is 5.01. The molecule has 7 rings (SSSR count). The first kappa shape index (κ1) is 26.4. The lowest BCUT2D eigenvalue weighted by Crippen LogP contribution is -2.04. The Labute approximate surface area is 248 Å².